The molecule has 10 heteroatoms. The lowest BCUT2D eigenvalue weighted by molar-refractivity contribution is -0.385. The maximum atomic E-state index is 11.8. The molecule has 0 spiro atoms. The number of carbonyl (C=O) groups excluding carboxylic acids is 1. The highest BCUT2D eigenvalue weighted by Gasteiger charge is 2.29. The summed E-state index contributed by atoms with van der Waals surface area (Å²) in [4.78, 5) is 25.1. The number of carbonyl (C=O) groups is 1. The molecule has 0 saturated heterocycles. The van der Waals surface area contributed by atoms with Crippen LogP contribution in [0.2, 0.25) is 5.02 Å². The van der Waals surface area contributed by atoms with Crippen LogP contribution in [0, 0.1) is 10.1 Å². The number of nitrogens with one attached hydrogen (secondary N) is 1. The van der Waals surface area contributed by atoms with E-state index >= 15 is 0 Å². The lowest BCUT2D eigenvalue weighted by Gasteiger charge is -2.08. The lowest BCUT2D eigenvalue weighted by atomic mass is 10.2. The standard InChI is InChI=1S/C9H6ClF3N2O4/c10-6-3-1-2-5(7(6)15(17)18)8(16)14-19-4-9(11,12)13/h1-3H,4H2,(H,14,16). The lowest BCUT2D eigenvalue weighted by Crippen LogP contribution is -2.30. The zero-order chi connectivity index (χ0) is 14.6. The number of halogens is 4. The van der Waals surface area contributed by atoms with Crippen molar-refractivity contribution in [3.63, 3.8) is 0 Å². The quantitative estimate of drug-likeness (QED) is 0.684. The fourth-order valence-corrected chi connectivity index (χ4v) is 1.37. The zero-order valence-corrected chi connectivity index (χ0v) is 9.79. The maximum Gasteiger partial charge on any atom is 0.414 e. The number of nitrogens with zero attached hydrogens (tertiary/aromatic N) is 1. The van der Waals surface area contributed by atoms with E-state index in [0.717, 1.165) is 6.07 Å². The van der Waals surface area contributed by atoms with Gasteiger partial charge in [-0.05, 0) is 12.1 Å². The molecule has 0 aromatic heterocycles. The van der Waals surface area contributed by atoms with Crippen LogP contribution < -0.4 is 5.48 Å². The van der Waals surface area contributed by atoms with Crippen LogP contribution >= 0.6 is 11.6 Å². The van der Waals surface area contributed by atoms with Crippen LogP contribution in [0.25, 0.3) is 0 Å². The van der Waals surface area contributed by atoms with Crippen LogP contribution in [0.3, 0.4) is 0 Å². The highest BCUT2D eigenvalue weighted by atomic mass is 35.5. The van der Waals surface area contributed by atoms with Crippen LogP contribution in [0.4, 0.5) is 18.9 Å². The molecule has 104 valence electrons. The van der Waals surface area contributed by atoms with Crippen molar-refractivity contribution in [3.05, 3.63) is 38.9 Å². The number of hydrogen-bond donors (Lipinski definition) is 1. The molecule has 1 rings (SSSR count). The molecule has 0 saturated carbocycles. The second kappa shape index (κ2) is 5.85. The van der Waals surface area contributed by atoms with E-state index in [-0.39, 0.29) is 5.02 Å². The summed E-state index contributed by atoms with van der Waals surface area (Å²) in [5, 5.41) is 10.4. The van der Waals surface area contributed by atoms with Gasteiger partial charge in [0.25, 0.3) is 5.91 Å². The van der Waals surface area contributed by atoms with Crippen LogP contribution in [0.15, 0.2) is 18.2 Å². The van der Waals surface area contributed by atoms with Crippen molar-refractivity contribution in [2.24, 2.45) is 0 Å². The van der Waals surface area contributed by atoms with E-state index in [1.807, 2.05) is 0 Å². The Labute approximate surface area is 109 Å². The summed E-state index contributed by atoms with van der Waals surface area (Å²) in [5.74, 6) is -1.20. The molecule has 1 amide bonds. The topological polar surface area (TPSA) is 81.5 Å². The van der Waals surface area contributed by atoms with Gasteiger partial charge >= 0.3 is 11.9 Å². The second-order valence-electron chi connectivity index (χ2n) is 3.23. The van der Waals surface area contributed by atoms with Gasteiger partial charge in [-0.3, -0.25) is 19.7 Å². The van der Waals surface area contributed by atoms with Gasteiger partial charge in [0.1, 0.15) is 10.6 Å². The summed E-state index contributed by atoms with van der Waals surface area (Å²) in [6.45, 7) is -1.72. The number of hydrogen-bond acceptors (Lipinski definition) is 4. The zero-order valence-electron chi connectivity index (χ0n) is 9.03. The van der Waals surface area contributed by atoms with Gasteiger partial charge in [0.2, 0.25) is 0 Å². The van der Waals surface area contributed by atoms with Crippen molar-refractivity contribution >= 4 is 23.2 Å². The summed E-state index contributed by atoms with van der Waals surface area (Å²) in [7, 11) is 0. The van der Waals surface area contributed by atoms with Crippen LogP contribution in [0.5, 0.6) is 0 Å². The van der Waals surface area contributed by atoms with Gasteiger partial charge in [-0.15, -0.1) is 0 Å². The molecule has 0 fully saturated rings. The predicted molar refractivity (Wildman–Crippen MR) is 57.6 cm³/mol. The Balaban J connectivity index is 2.83. The Bertz CT molecular complexity index is 507. The number of benzene rings is 1. The number of rotatable bonds is 4. The molecular formula is C9H6ClF3N2O4. The summed E-state index contributed by atoms with van der Waals surface area (Å²) in [6.07, 6.45) is -4.63. The first-order valence-electron chi connectivity index (χ1n) is 4.64. The molecule has 0 aliphatic heterocycles. The molecule has 1 aromatic carbocycles. The van der Waals surface area contributed by atoms with Crippen LogP contribution in [0.1, 0.15) is 10.4 Å². The van der Waals surface area contributed by atoms with E-state index in [4.69, 9.17) is 11.6 Å². The summed E-state index contributed by atoms with van der Waals surface area (Å²) in [5.41, 5.74) is 0.245. The van der Waals surface area contributed by atoms with E-state index in [2.05, 4.69) is 4.84 Å². The second-order valence-corrected chi connectivity index (χ2v) is 3.64. The monoisotopic (exact) mass is 298 g/mol. The molecule has 1 N–H and O–H groups in total. The first-order valence-corrected chi connectivity index (χ1v) is 5.02. The number of alkyl halides is 3. The Morgan fingerprint density at radius 1 is 1.47 bits per heavy atom. The van der Waals surface area contributed by atoms with Crippen molar-refractivity contribution in [2.45, 2.75) is 6.18 Å². The van der Waals surface area contributed by atoms with Crippen molar-refractivity contribution in [1.82, 2.24) is 5.48 Å². The van der Waals surface area contributed by atoms with Crippen molar-refractivity contribution < 1.29 is 27.7 Å². The fourth-order valence-electron chi connectivity index (χ4n) is 1.12. The molecule has 6 nitrogen and oxygen atoms in total. The average Bonchev–Trinajstić information content (AvgIpc) is 2.26. The van der Waals surface area contributed by atoms with Gasteiger partial charge in [0, 0.05) is 0 Å². The molecular weight excluding hydrogens is 293 g/mol. The average molecular weight is 299 g/mol. The Kier molecular flexibility index (Phi) is 4.67. The predicted octanol–water partition coefficient (Wildman–Crippen LogP) is 2.47. The molecule has 0 aliphatic carbocycles. The Morgan fingerprint density at radius 2 is 2.11 bits per heavy atom. The normalized spacial score (nSPS) is 11.2. The van der Waals surface area contributed by atoms with Crippen LogP contribution in [-0.4, -0.2) is 23.6 Å². The molecule has 0 bridgehead atoms. The largest absolute Gasteiger partial charge is 0.414 e. The van der Waals surface area contributed by atoms with E-state index in [1.165, 1.54) is 17.6 Å². The highest BCUT2D eigenvalue weighted by Crippen LogP contribution is 2.28. The smallest absolute Gasteiger partial charge is 0.267 e. The van der Waals surface area contributed by atoms with Gasteiger partial charge < -0.3 is 0 Å². The Hall–Kier alpha value is -1.87. The summed E-state index contributed by atoms with van der Waals surface area (Å²) < 4.78 is 35.3. The van der Waals surface area contributed by atoms with E-state index in [1.54, 1.807) is 0 Å². The van der Waals surface area contributed by atoms with Gasteiger partial charge in [0.05, 0.1) is 4.92 Å². The third kappa shape index (κ3) is 4.38. The van der Waals surface area contributed by atoms with E-state index < -0.39 is 34.9 Å². The molecule has 0 aliphatic rings. The number of nitro groups is 1. The summed E-state index contributed by atoms with van der Waals surface area (Å²) >= 11 is 5.53. The first kappa shape index (κ1) is 15.2. The fraction of sp³-hybridized carbons (Fsp3) is 0.222. The van der Waals surface area contributed by atoms with Gasteiger partial charge in [0.15, 0.2) is 6.61 Å². The van der Waals surface area contributed by atoms with Gasteiger partial charge in [-0.25, -0.2) is 5.48 Å². The van der Waals surface area contributed by atoms with Crippen molar-refractivity contribution in [2.75, 3.05) is 6.61 Å². The van der Waals surface area contributed by atoms with E-state index in [9.17, 15) is 28.1 Å². The molecule has 0 heterocycles. The minimum absolute atomic E-state index is 0.312. The third-order valence-electron chi connectivity index (χ3n) is 1.81. The number of nitro benzene ring substituents is 1. The minimum atomic E-state index is -4.63. The van der Waals surface area contributed by atoms with Gasteiger partial charge in [-0.2, -0.15) is 13.2 Å². The first-order chi connectivity index (χ1) is 8.72. The number of amides is 1. The molecule has 0 atom stereocenters. The highest BCUT2D eigenvalue weighted by molar-refractivity contribution is 6.33. The Morgan fingerprint density at radius 3 is 2.63 bits per heavy atom. The molecule has 1 aromatic rings. The van der Waals surface area contributed by atoms with Gasteiger partial charge in [-0.1, -0.05) is 17.7 Å². The van der Waals surface area contributed by atoms with Crippen molar-refractivity contribution in [1.29, 1.82) is 0 Å². The number of para-hydroxylation sites is 1. The minimum Gasteiger partial charge on any atom is -0.267 e. The summed E-state index contributed by atoms with van der Waals surface area (Å²) in [6, 6.07) is 3.46. The number of hydroxylamine groups is 1. The molecule has 0 radical (unpaired) electrons. The third-order valence-corrected chi connectivity index (χ3v) is 2.12. The SMILES string of the molecule is O=C(NOCC(F)(F)F)c1cccc(Cl)c1[N+](=O)[O-]. The maximum absolute atomic E-state index is 11.8. The molecule has 0 unspecified atom stereocenters. The molecule has 19 heavy (non-hydrogen) atoms. The van der Waals surface area contributed by atoms with E-state index in [0.29, 0.717) is 0 Å². The van der Waals surface area contributed by atoms with Crippen LogP contribution in [-0.2, 0) is 4.84 Å². The van der Waals surface area contributed by atoms with Crippen molar-refractivity contribution in [3.8, 4) is 0 Å².